The van der Waals surface area contributed by atoms with Crippen molar-refractivity contribution in [1.29, 1.82) is 0 Å². The Labute approximate surface area is 150 Å². The second-order valence-corrected chi connectivity index (χ2v) is 6.65. The van der Waals surface area contributed by atoms with Crippen LogP contribution in [0.25, 0.3) is 22.0 Å². The van der Waals surface area contributed by atoms with Gasteiger partial charge in [0.15, 0.2) is 0 Å². The molecule has 1 aromatic heterocycles. The van der Waals surface area contributed by atoms with Gasteiger partial charge < -0.3 is 30.1 Å². The normalized spacial score (nSPS) is 29.2. The highest BCUT2D eigenvalue weighted by Gasteiger charge is 2.43. The maximum atomic E-state index is 10.3. The molecule has 0 spiro atoms. The Balaban J connectivity index is 1.68. The van der Waals surface area contributed by atoms with E-state index in [4.69, 9.17) is 4.74 Å². The molecule has 1 fully saturated rings. The summed E-state index contributed by atoms with van der Waals surface area (Å²) in [6.07, 6.45) is -3.88. The molecule has 0 saturated carbocycles. The quantitative estimate of drug-likeness (QED) is 0.488. The van der Waals surface area contributed by atoms with Gasteiger partial charge in [0.25, 0.3) is 0 Å². The molecule has 5 atom stereocenters. The lowest BCUT2D eigenvalue weighted by Gasteiger charge is -2.40. The third kappa shape index (κ3) is 2.92. The predicted octanol–water partition coefficient (Wildman–Crippen LogP) is 1.35. The van der Waals surface area contributed by atoms with Gasteiger partial charge in [-0.2, -0.15) is 0 Å². The summed E-state index contributed by atoms with van der Waals surface area (Å²) in [5, 5.41) is 40.7. The molecule has 1 aliphatic rings. The van der Waals surface area contributed by atoms with E-state index in [1.54, 1.807) is 6.07 Å². The Hall–Kier alpha value is -2.22. The van der Waals surface area contributed by atoms with Gasteiger partial charge in [0.05, 0.1) is 6.61 Å². The maximum absolute atomic E-state index is 10.3. The zero-order valence-electron chi connectivity index (χ0n) is 14.0. The Morgan fingerprint density at radius 1 is 0.885 bits per heavy atom. The van der Waals surface area contributed by atoms with Crippen LogP contribution in [0.2, 0.25) is 0 Å². The number of rotatable bonds is 3. The molecule has 0 aliphatic carbocycles. The predicted molar refractivity (Wildman–Crippen MR) is 96.5 cm³/mol. The maximum Gasteiger partial charge on any atom is 0.113 e. The molecule has 0 radical (unpaired) electrons. The summed E-state index contributed by atoms with van der Waals surface area (Å²) >= 11 is 0. The highest BCUT2D eigenvalue weighted by molar-refractivity contribution is 5.85. The number of hydrogen-bond acceptors (Lipinski definition) is 5. The fraction of sp³-hybridized carbons (Fsp3) is 0.300. The van der Waals surface area contributed by atoms with Crippen LogP contribution in [0.5, 0.6) is 0 Å². The minimum absolute atomic E-state index is 0.439. The second kappa shape index (κ2) is 6.83. The standard InChI is InChI=1S/C20H21NO5/c22-10-16-17(23)18(24)19(25)20(26-16)14-3-1-2-11(9-14)12-4-5-15-13(8-12)6-7-21-15/h1-9,16-25H,10H2/t16-,17-,18+,19+,20-/m1/s1. The number of ether oxygens (including phenoxy) is 1. The molecule has 1 saturated heterocycles. The fourth-order valence-corrected chi connectivity index (χ4v) is 3.51. The molecule has 0 unspecified atom stereocenters. The molecule has 26 heavy (non-hydrogen) atoms. The van der Waals surface area contributed by atoms with Crippen LogP contribution in [0.15, 0.2) is 54.7 Å². The number of aromatic nitrogens is 1. The first-order valence-corrected chi connectivity index (χ1v) is 8.56. The van der Waals surface area contributed by atoms with Crippen LogP contribution in [0, 0.1) is 0 Å². The number of aliphatic hydroxyl groups is 4. The van der Waals surface area contributed by atoms with Gasteiger partial charge in [-0.3, -0.25) is 0 Å². The van der Waals surface area contributed by atoms with Gasteiger partial charge in [-0.05, 0) is 46.3 Å². The van der Waals surface area contributed by atoms with Crippen molar-refractivity contribution in [3.05, 3.63) is 60.3 Å². The van der Waals surface area contributed by atoms with Gasteiger partial charge in [0.2, 0.25) is 0 Å². The first kappa shape index (κ1) is 17.2. The molecule has 0 amide bonds. The lowest BCUT2D eigenvalue weighted by Crippen LogP contribution is -2.55. The highest BCUT2D eigenvalue weighted by atomic mass is 16.5. The van der Waals surface area contributed by atoms with Gasteiger partial charge in [0, 0.05) is 11.7 Å². The smallest absolute Gasteiger partial charge is 0.113 e. The Morgan fingerprint density at radius 3 is 2.50 bits per heavy atom. The van der Waals surface area contributed by atoms with Crippen LogP contribution < -0.4 is 0 Å². The van der Waals surface area contributed by atoms with Gasteiger partial charge in [-0.1, -0.05) is 24.3 Å². The summed E-state index contributed by atoms with van der Waals surface area (Å²) in [5.41, 5.74) is 3.69. The van der Waals surface area contributed by atoms with E-state index in [2.05, 4.69) is 11.1 Å². The van der Waals surface area contributed by atoms with E-state index in [0.29, 0.717) is 5.56 Å². The third-order valence-electron chi connectivity index (χ3n) is 4.99. The molecule has 0 bridgehead atoms. The van der Waals surface area contributed by atoms with Gasteiger partial charge >= 0.3 is 0 Å². The second-order valence-electron chi connectivity index (χ2n) is 6.65. The monoisotopic (exact) mass is 355 g/mol. The molecule has 4 rings (SSSR count). The zero-order valence-corrected chi connectivity index (χ0v) is 14.0. The van der Waals surface area contributed by atoms with Crippen molar-refractivity contribution in [2.75, 3.05) is 6.61 Å². The van der Waals surface area contributed by atoms with E-state index in [0.717, 1.165) is 22.0 Å². The van der Waals surface area contributed by atoms with E-state index in [9.17, 15) is 20.4 Å². The summed E-state index contributed by atoms with van der Waals surface area (Å²) in [7, 11) is 0. The number of nitrogens with one attached hydrogen (secondary N) is 1. The number of H-pyrrole nitrogens is 1. The first-order chi connectivity index (χ1) is 12.6. The fourth-order valence-electron chi connectivity index (χ4n) is 3.51. The van der Waals surface area contributed by atoms with E-state index < -0.39 is 37.1 Å². The van der Waals surface area contributed by atoms with Crippen LogP contribution in [-0.2, 0) is 4.74 Å². The van der Waals surface area contributed by atoms with Crippen molar-refractivity contribution in [3.8, 4) is 11.1 Å². The number of aliphatic hydroxyl groups excluding tert-OH is 4. The Bertz CT molecular complexity index is 906. The molecular weight excluding hydrogens is 334 g/mol. The molecule has 6 heteroatoms. The van der Waals surface area contributed by atoms with Crippen LogP contribution in [0.1, 0.15) is 11.7 Å². The van der Waals surface area contributed by atoms with Gasteiger partial charge in [0.1, 0.15) is 30.5 Å². The van der Waals surface area contributed by atoms with E-state index in [1.165, 1.54) is 0 Å². The molecule has 1 aliphatic heterocycles. The molecule has 6 nitrogen and oxygen atoms in total. The van der Waals surface area contributed by atoms with Crippen LogP contribution >= 0.6 is 0 Å². The molecule has 136 valence electrons. The van der Waals surface area contributed by atoms with Crippen molar-refractivity contribution in [3.63, 3.8) is 0 Å². The summed E-state index contributed by atoms with van der Waals surface area (Å²) < 4.78 is 5.65. The average molecular weight is 355 g/mol. The lowest BCUT2D eigenvalue weighted by atomic mass is 9.90. The van der Waals surface area contributed by atoms with E-state index >= 15 is 0 Å². The van der Waals surface area contributed by atoms with Gasteiger partial charge in [-0.15, -0.1) is 0 Å². The van der Waals surface area contributed by atoms with Crippen molar-refractivity contribution in [1.82, 2.24) is 4.98 Å². The van der Waals surface area contributed by atoms with Crippen LogP contribution in [0.3, 0.4) is 0 Å². The van der Waals surface area contributed by atoms with Crippen LogP contribution in [-0.4, -0.2) is 56.4 Å². The van der Waals surface area contributed by atoms with Crippen molar-refractivity contribution in [2.45, 2.75) is 30.5 Å². The highest BCUT2D eigenvalue weighted by Crippen LogP contribution is 2.34. The minimum Gasteiger partial charge on any atom is -0.394 e. The van der Waals surface area contributed by atoms with E-state index in [1.807, 2.05) is 42.6 Å². The summed E-state index contributed by atoms with van der Waals surface area (Å²) in [5.74, 6) is 0. The zero-order chi connectivity index (χ0) is 18.3. The lowest BCUT2D eigenvalue weighted by molar-refractivity contribution is -0.231. The van der Waals surface area contributed by atoms with Gasteiger partial charge in [-0.25, -0.2) is 0 Å². The SMILES string of the molecule is OC[C@H]1O[C@H](c2cccc(-c3ccc4[nH]ccc4c3)c2)[C@@H](O)[C@@H](O)[C@@H]1O. The topological polar surface area (TPSA) is 106 Å². The molecular formula is C20H21NO5. The molecule has 2 aromatic carbocycles. The van der Waals surface area contributed by atoms with Crippen molar-refractivity contribution < 1.29 is 25.2 Å². The third-order valence-corrected chi connectivity index (χ3v) is 4.99. The van der Waals surface area contributed by atoms with Crippen molar-refractivity contribution >= 4 is 10.9 Å². The number of fused-ring (bicyclic) bond motifs is 1. The average Bonchev–Trinajstić information content (AvgIpc) is 3.14. The number of hydrogen-bond donors (Lipinski definition) is 5. The summed E-state index contributed by atoms with van der Waals surface area (Å²) in [4.78, 5) is 3.16. The summed E-state index contributed by atoms with van der Waals surface area (Å²) in [6, 6.07) is 15.6. The summed E-state index contributed by atoms with van der Waals surface area (Å²) in [6.45, 7) is -0.439. The largest absolute Gasteiger partial charge is 0.394 e. The molecule has 5 N–H and O–H groups in total. The van der Waals surface area contributed by atoms with E-state index in [-0.39, 0.29) is 0 Å². The minimum atomic E-state index is -1.38. The van der Waals surface area contributed by atoms with Crippen molar-refractivity contribution in [2.24, 2.45) is 0 Å². The number of benzene rings is 2. The number of aromatic amines is 1. The Kier molecular flexibility index (Phi) is 4.52. The molecule has 3 aromatic rings. The first-order valence-electron chi connectivity index (χ1n) is 8.56. The molecule has 2 heterocycles. The van der Waals surface area contributed by atoms with Crippen LogP contribution in [0.4, 0.5) is 0 Å². The Morgan fingerprint density at radius 2 is 1.69 bits per heavy atom.